The van der Waals surface area contributed by atoms with Crippen LogP contribution in [0.1, 0.15) is 49.7 Å². The van der Waals surface area contributed by atoms with Gasteiger partial charge in [-0.2, -0.15) is 0 Å². The fraction of sp³-hybridized carbons (Fsp3) is 0.324. The molecule has 0 radical (unpaired) electrons. The molecule has 4 amide bonds. The standard InChI is InChI=1S/C34H30N4O9/c1-46-30-14-19(2-8-29(30)47-28-9-7-25(37(42)43)15-27(28)38(44)45)13-26-31(39)35-33(41)36(32(26)40)24-5-3-23(4-6-24)34-16-20-10-21(17-34)12-22(11-20)18-34/h2-9,13-15,20-22H,10-12,16-18H2,1H3,(H,35,39,41)/b26-13+. The van der Waals surface area contributed by atoms with Crippen LogP contribution in [0.15, 0.2) is 66.2 Å². The zero-order valence-corrected chi connectivity index (χ0v) is 25.3. The van der Waals surface area contributed by atoms with Gasteiger partial charge >= 0.3 is 11.7 Å². The van der Waals surface area contributed by atoms with Gasteiger partial charge in [-0.1, -0.05) is 18.2 Å². The van der Waals surface area contributed by atoms with E-state index < -0.39 is 39.1 Å². The second-order valence-corrected chi connectivity index (χ2v) is 12.9. The quantitative estimate of drug-likeness (QED) is 0.126. The van der Waals surface area contributed by atoms with Gasteiger partial charge in [0, 0.05) is 6.07 Å². The Bertz CT molecular complexity index is 1850. The zero-order chi connectivity index (χ0) is 33.0. The number of nitrogens with one attached hydrogen (secondary N) is 1. The first kappa shape index (κ1) is 30.1. The van der Waals surface area contributed by atoms with Crippen LogP contribution in [0.25, 0.3) is 6.08 Å². The summed E-state index contributed by atoms with van der Waals surface area (Å²) in [5.74, 6) is 0.558. The van der Waals surface area contributed by atoms with Gasteiger partial charge in [-0.05, 0) is 109 Å². The van der Waals surface area contributed by atoms with Crippen molar-refractivity contribution in [3.05, 3.63) is 97.6 Å². The molecule has 1 saturated heterocycles. The van der Waals surface area contributed by atoms with Crippen LogP contribution in [0.3, 0.4) is 0 Å². The summed E-state index contributed by atoms with van der Waals surface area (Å²) in [6.07, 6.45) is 8.83. The highest BCUT2D eigenvalue weighted by Gasteiger charge is 2.51. The van der Waals surface area contributed by atoms with E-state index in [1.807, 2.05) is 12.1 Å². The number of ether oxygens (including phenoxy) is 2. The molecule has 3 aromatic rings. The highest BCUT2D eigenvalue weighted by molar-refractivity contribution is 6.39. The van der Waals surface area contributed by atoms with Crippen LogP contribution in [0, 0.1) is 38.0 Å². The average Bonchev–Trinajstić information content (AvgIpc) is 3.03. The molecule has 4 bridgehead atoms. The summed E-state index contributed by atoms with van der Waals surface area (Å²) in [5.41, 5.74) is 0.720. The first-order chi connectivity index (χ1) is 22.5. The number of rotatable bonds is 8. The highest BCUT2D eigenvalue weighted by Crippen LogP contribution is 2.60. The summed E-state index contributed by atoms with van der Waals surface area (Å²) in [4.78, 5) is 61.3. The predicted octanol–water partition coefficient (Wildman–Crippen LogP) is 6.44. The lowest BCUT2D eigenvalue weighted by Gasteiger charge is -2.57. The zero-order valence-electron chi connectivity index (χ0n) is 25.3. The predicted molar refractivity (Wildman–Crippen MR) is 168 cm³/mol. The number of non-ortho nitro benzene ring substituents is 1. The highest BCUT2D eigenvalue weighted by atomic mass is 16.6. The molecule has 5 aliphatic rings. The summed E-state index contributed by atoms with van der Waals surface area (Å²) in [6.45, 7) is 0. The number of amides is 4. The molecule has 5 fully saturated rings. The Hall–Kier alpha value is -5.59. The molecule has 1 aliphatic heterocycles. The number of hydrogen-bond acceptors (Lipinski definition) is 9. The molecule has 4 saturated carbocycles. The van der Waals surface area contributed by atoms with Crippen molar-refractivity contribution in [1.82, 2.24) is 5.32 Å². The number of carbonyl (C=O) groups excluding carboxylic acids is 3. The van der Waals surface area contributed by atoms with Gasteiger partial charge in [0.25, 0.3) is 17.5 Å². The lowest BCUT2D eigenvalue weighted by Crippen LogP contribution is -2.54. The number of nitro groups is 2. The number of urea groups is 1. The van der Waals surface area contributed by atoms with Gasteiger partial charge in [0.15, 0.2) is 11.5 Å². The minimum atomic E-state index is -0.859. The molecule has 0 atom stereocenters. The lowest BCUT2D eigenvalue weighted by atomic mass is 9.48. The van der Waals surface area contributed by atoms with Crippen LogP contribution in [0.2, 0.25) is 0 Å². The van der Waals surface area contributed by atoms with Crippen molar-refractivity contribution in [3.63, 3.8) is 0 Å². The molecule has 13 heteroatoms. The lowest BCUT2D eigenvalue weighted by molar-refractivity contribution is -0.394. The molecule has 1 N–H and O–H groups in total. The Kier molecular flexibility index (Phi) is 7.26. The topological polar surface area (TPSA) is 171 Å². The number of carbonyl (C=O) groups is 3. The van der Waals surface area contributed by atoms with Gasteiger partial charge in [0.2, 0.25) is 5.75 Å². The molecule has 47 heavy (non-hydrogen) atoms. The first-order valence-corrected chi connectivity index (χ1v) is 15.3. The van der Waals surface area contributed by atoms with Crippen LogP contribution in [-0.4, -0.2) is 34.8 Å². The SMILES string of the molecule is COc1cc(/C=C2\C(=O)NC(=O)N(c3ccc(C45CC6CC(CC(C6)C4)C5)cc3)C2=O)ccc1Oc1ccc([N+](=O)[O-])cc1[N+](=O)[O-]. The summed E-state index contributed by atoms with van der Waals surface area (Å²) in [5, 5.41) is 24.9. The Balaban J connectivity index is 1.14. The van der Waals surface area contributed by atoms with Gasteiger partial charge in [0.05, 0.1) is 28.7 Å². The van der Waals surface area contributed by atoms with Crippen molar-refractivity contribution in [2.45, 2.75) is 43.9 Å². The minimum Gasteiger partial charge on any atom is -0.493 e. The van der Waals surface area contributed by atoms with Crippen LogP contribution < -0.4 is 19.7 Å². The number of benzene rings is 3. The molecular formula is C34H30N4O9. The number of hydrogen-bond donors (Lipinski definition) is 1. The summed E-state index contributed by atoms with van der Waals surface area (Å²) >= 11 is 0. The van der Waals surface area contributed by atoms with Gasteiger partial charge in [-0.3, -0.25) is 35.1 Å². The van der Waals surface area contributed by atoms with Crippen molar-refractivity contribution >= 4 is 41.0 Å². The van der Waals surface area contributed by atoms with Crippen molar-refractivity contribution in [2.75, 3.05) is 12.0 Å². The van der Waals surface area contributed by atoms with Crippen molar-refractivity contribution in [2.24, 2.45) is 17.8 Å². The molecule has 4 aliphatic carbocycles. The van der Waals surface area contributed by atoms with E-state index in [0.29, 0.717) is 11.3 Å². The van der Waals surface area contributed by atoms with E-state index in [9.17, 15) is 34.6 Å². The molecule has 13 nitrogen and oxygen atoms in total. The first-order valence-electron chi connectivity index (χ1n) is 15.3. The molecule has 3 aromatic carbocycles. The Morgan fingerprint density at radius 2 is 1.47 bits per heavy atom. The number of imide groups is 2. The Morgan fingerprint density at radius 3 is 2.06 bits per heavy atom. The molecule has 0 unspecified atom stereocenters. The summed E-state index contributed by atoms with van der Waals surface area (Å²) in [6, 6.07) is 14.0. The van der Waals surface area contributed by atoms with E-state index in [1.165, 1.54) is 75.5 Å². The Labute approximate surface area is 268 Å². The normalized spacial score (nSPS) is 25.6. The fourth-order valence-corrected chi connectivity index (χ4v) is 8.31. The minimum absolute atomic E-state index is 0.0435. The van der Waals surface area contributed by atoms with Gasteiger partial charge in [-0.15, -0.1) is 0 Å². The number of barbiturate groups is 1. The van der Waals surface area contributed by atoms with Gasteiger partial charge in [0.1, 0.15) is 5.57 Å². The summed E-state index contributed by atoms with van der Waals surface area (Å²) < 4.78 is 11.1. The van der Waals surface area contributed by atoms with E-state index in [4.69, 9.17) is 9.47 Å². The molecule has 0 aromatic heterocycles. The smallest absolute Gasteiger partial charge is 0.335 e. The van der Waals surface area contributed by atoms with E-state index >= 15 is 0 Å². The molecule has 0 spiro atoms. The maximum absolute atomic E-state index is 13.6. The third-order valence-electron chi connectivity index (χ3n) is 9.95. The maximum Gasteiger partial charge on any atom is 0.335 e. The largest absolute Gasteiger partial charge is 0.493 e. The third-order valence-corrected chi connectivity index (χ3v) is 9.95. The van der Waals surface area contributed by atoms with Crippen LogP contribution >= 0.6 is 0 Å². The van der Waals surface area contributed by atoms with Crippen LogP contribution in [0.5, 0.6) is 17.2 Å². The van der Waals surface area contributed by atoms with E-state index in [1.54, 1.807) is 12.1 Å². The number of nitrogens with zero attached hydrogens (tertiary/aromatic N) is 3. The average molecular weight is 639 g/mol. The monoisotopic (exact) mass is 638 g/mol. The molecular weight excluding hydrogens is 608 g/mol. The summed E-state index contributed by atoms with van der Waals surface area (Å²) in [7, 11) is 1.33. The van der Waals surface area contributed by atoms with Gasteiger partial charge in [-0.25, -0.2) is 9.69 Å². The maximum atomic E-state index is 13.6. The number of methoxy groups -OCH3 is 1. The number of anilines is 1. The Morgan fingerprint density at radius 1 is 0.830 bits per heavy atom. The van der Waals surface area contributed by atoms with Crippen molar-refractivity contribution < 1.29 is 33.7 Å². The van der Waals surface area contributed by atoms with E-state index in [0.717, 1.165) is 40.9 Å². The fourth-order valence-electron chi connectivity index (χ4n) is 8.31. The van der Waals surface area contributed by atoms with E-state index in [-0.39, 0.29) is 28.2 Å². The molecule has 1 heterocycles. The van der Waals surface area contributed by atoms with Crippen LogP contribution in [0.4, 0.5) is 21.9 Å². The number of nitro benzene ring substituents is 2. The second-order valence-electron chi connectivity index (χ2n) is 12.9. The van der Waals surface area contributed by atoms with Crippen LogP contribution in [-0.2, 0) is 15.0 Å². The van der Waals surface area contributed by atoms with Crippen molar-refractivity contribution in [1.29, 1.82) is 0 Å². The second kappa shape index (κ2) is 11.3. The van der Waals surface area contributed by atoms with E-state index in [2.05, 4.69) is 5.32 Å². The van der Waals surface area contributed by atoms with Gasteiger partial charge < -0.3 is 9.47 Å². The third kappa shape index (κ3) is 5.37. The molecule has 240 valence electrons. The van der Waals surface area contributed by atoms with Crippen molar-refractivity contribution in [3.8, 4) is 17.2 Å². The molecule has 8 rings (SSSR count).